The largest absolute Gasteiger partial charge is 0.456 e. The zero-order valence-electron chi connectivity index (χ0n) is 19.1. The van der Waals surface area contributed by atoms with Crippen LogP contribution >= 0.6 is 0 Å². The third kappa shape index (κ3) is 4.75. The number of carbonyl (C=O) groups is 2. The summed E-state index contributed by atoms with van der Waals surface area (Å²) in [6.45, 7) is 14.4. The molecule has 2 aromatic carbocycles. The molecule has 0 unspecified atom stereocenters. The number of esters is 2. The van der Waals surface area contributed by atoms with Gasteiger partial charge >= 0.3 is 11.9 Å². The Morgan fingerprint density at radius 1 is 0.767 bits per heavy atom. The van der Waals surface area contributed by atoms with Crippen molar-refractivity contribution in [3.05, 3.63) is 64.7 Å². The maximum Gasteiger partial charge on any atom is 0.343 e. The zero-order chi connectivity index (χ0) is 22.3. The normalized spacial score (nSPS) is 17.0. The standard InChI is InChI=1S/C26H32O4/c1-24(2,3)30-23(28)17-8-11-19(12-9-17)29-22(27)18-10-13-20-21(16-18)26(6,7)15-14-25(20,4)5/h8-13,16H,14-15H2,1-7H3. The highest BCUT2D eigenvalue weighted by atomic mass is 16.6. The van der Waals surface area contributed by atoms with Crippen LogP contribution in [0.4, 0.5) is 0 Å². The van der Waals surface area contributed by atoms with Crippen LogP contribution in [0.3, 0.4) is 0 Å². The minimum absolute atomic E-state index is 0.0240. The Labute approximate surface area is 179 Å². The van der Waals surface area contributed by atoms with Crippen molar-refractivity contribution in [2.45, 2.75) is 77.7 Å². The van der Waals surface area contributed by atoms with Crippen LogP contribution in [0, 0.1) is 0 Å². The third-order valence-electron chi connectivity index (χ3n) is 5.79. The van der Waals surface area contributed by atoms with E-state index in [1.807, 2.05) is 32.9 Å². The van der Waals surface area contributed by atoms with Gasteiger partial charge in [-0.25, -0.2) is 9.59 Å². The molecule has 1 aliphatic rings. The Hall–Kier alpha value is -2.62. The molecular formula is C26H32O4. The third-order valence-corrected chi connectivity index (χ3v) is 5.79. The van der Waals surface area contributed by atoms with E-state index in [0.29, 0.717) is 16.9 Å². The van der Waals surface area contributed by atoms with E-state index in [1.54, 1.807) is 24.3 Å². The summed E-state index contributed by atoms with van der Waals surface area (Å²) < 4.78 is 10.9. The van der Waals surface area contributed by atoms with Gasteiger partial charge in [0.25, 0.3) is 0 Å². The van der Waals surface area contributed by atoms with Crippen molar-refractivity contribution in [1.82, 2.24) is 0 Å². The number of benzene rings is 2. The summed E-state index contributed by atoms with van der Waals surface area (Å²) in [4.78, 5) is 24.9. The molecule has 4 heteroatoms. The van der Waals surface area contributed by atoms with Gasteiger partial charge in [-0.3, -0.25) is 0 Å². The quantitative estimate of drug-likeness (QED) is 0.447. The first-order chi connectivity index (χ1) is 13.8. The average Bonchev–Trinajstić information content (AvgIpc) is 2.64. The number of hydrogen-bond acceptors (Lipinski definition) is 4. The average molecular weight is 409 g/mol. The van der Waals surface area contributed by atoms with Crippen LogP contribution in [-0.2, 0) is 15.6 Å². The monoisotopic (exact) mass is 408 g/mol. The minimum Gasteiger partial charge on any atom is -0.456 e. The zero-order valence-corrected chi connectivity index (χ0v) is 19.1. The van der Waals surface area contributed by atoms with Gasteiger partial charge in [-0.1, -0.05) is 33.8 Å². The fraction of sp³-hybridized carbons (Fsp3) is 0.462. The summed E-state index contributed by atoms with van der Waals surface area (Å²) in [5, 5.41) is 0. The molecule has 0 radical (unpaired) electrons. The first-order valence-corrected chi connectivity index (χ1v) is 10.5. The van der Waals surface area contributed by atoms with Gasteiger partial charge in [0.05, 0.1) is 11.1 Å². The van der Waals surface area contributed by atoms with E-state index >= 15 is 0 Å². The van der Waals surface area contributed by atoms with E-state index in [2.05, 4.69) is 33.8 Å². The van der Waals surface area contributed by atoms with Crippen molar-refractivity contribution in [1.29, 1.82) is 0 Å². The van der Waals surface area contributed by atoms with Crippen molar-refractivity contribution < 1.29 is 19.1 Å². The number of carbonyl (C=O) groups excluding carboxylic acids is 2. The number of fused-ring (bicyclic) bond motifs is 1. The molecule has 30 heavy (non-hydrogen) atoms. The summed E-state index contributed by atoms with van der Waals surface area (Å²) in [6.07, 6.45) is 2.21. The number of rotatable bonds is 3. The number of ether oxygens (including phenoxy) is 2. The van der Waals surface area contributed by atoms with Gasteiger partial charge in [0.1, 0.15) is 11.4 Å². The van der Waals surface area contributed by atoms with Gasteiger partial charge in [-0.05, 0) is 92.0 Å². The molecule has 0 heterocycles. The fourth-order valence-electron chi connectivity index (χ4n) is 3.88. The molecule has 0 saturated carbocycles. The van der Waals surface area contributed by atoms with Crippen LogP contribution in [0.2, 0.25) is 0 Å². The summed E-state index contributed by atoms with van der Waals surface area (Å²) >= 11 is 0. The molecular weight excluding hydrogens is 376 g/mol. The minimum atomic E-state index is -0.559. The van der Waals surface area contributed by atoms with E-state index in [4.69, 9.17) is 9.47 Å². The maximum absolute atomic E-state index is 12.8. The molecule has 0 N–H and O–H groups in total. The molecule has 0 aliphatic heterocycles. The van der Waals surface area contributed by atoms with Crippen LogP contribution in [0.15, 0.2) is 42.5 Å². The van der Waals surface area contributed by atoms with Gasteiger partial charge < -0.3 is 9.47 Å². The predicted molar refractivity (Wildman–Crippen MR) is 118 cm³/mol. The molecule has 0 fully saturated rings. The van der Waals surface area contributed by atoms with Crippen LogP contribution in [0.25, 0.3) is 0 Å². The van der Waals surface area contributed by atoms with E-state index in [9.17, 15) is 9.59 Å². The second kappa shape index (κ2) is 7.57. The topological polar surface area (TPSA) is 52.6 Å². The first kappa shape index (κ1) is 22.1. The van der Waals surface area contributed by atoms with Crippen LogP contribution < -0.4 is 4.74 Å². The summed E-state index contributed by atoms with van der Waals surface area (Å²) in [5.41, 5.74) is 3.04. The number of hydrogen-bond donors (Lipinski definition) is 0. The molecule has 0 bridgehead atoms. The van der Waals surface area contributed by atoms with E-state index in [1.165, 1.54) is 11.1 Å². The summed E-state index contributed by atoms with van der Waals surface area (Å²) in [5.74, 6) is -0.411. The molecule has 4 nitrogen and oxygen atoms in total. The molecule has 1 aliphatic carbocycles. The van der Waals surface area contributed by atoms with Gasteiger partial charge in [0.2, 0.25) is 0 Å². The molecule has 0 amide bonds. The molecule has 160 valence electrons. The highest BCUT2D eigenvalue weighted by Gasteiger charge is 2.37. The molecule has 0 saturated heterocycles. The molecule has 3 rings (SSSR count). The lowest BCUT2D eigenvalue weighted by Gasteiger charge is -2.41. The Morgan fingerprint density at radius 2 is 1.30 bits per heavy atom. The van der Waals surface area contributed by atoms with Gasteiger partial charge in [-0.15, -0.1) is 0 Å². The highest BCUT2D eigenvalue weighted by molar-refractivity contribution is 5.92. The van der Waals surface area contributed by atoms with Crippen LogP contribution in [-0.4, -0.2) is 17.5 Å². The lowest BCUT2D eigenvalue weighted by molar-refractivity contribution is 0.00695. The SMILES string of the molecule is CC(C)(C)OC(=O)c1ccc(OC(=O)c2ccc3c(c2)C(C)(C)CCC3(C)C)cc1. The van der Waals surface area contributed by atoms with Crippen molar-refractivity contribution in [2.75, 3.05) is 0 Å². The van der Waals surface area contributed by atoms with Crippen molar-refractivity contribution in [3.8, 4) is 5.75 Å². The summed E-state index contributed by atoms with van der Waals surface area (Å²) in [7, 11) is 0. The Kier molecular flexibility index (Phi) is 5.57. The van der Waals surface area contributed by atoms with Gasteiger partial charge in [0.15, 0.2) is 0 Å². The lowest BCUT2D eigenvalue weighted by atomic mass is 9.63. The fourth-order valence-corrected chi connectivity index (χ4v) is 3.88. The van der Waals surface area contributed by atoms with Crippen molar-refractivity contribution in [3.63, 3.8) is 0 Å². The van der Waals surface area contributed by atoms with Crippen molar-refractivity contribution in [2.24, 2.45) is 0 Å². The second-order valence-electron chi connectivity index (χ2n) is 10.4. The second-order valence-corrected chi connectivity index (χ2v) is 10.4. The predicted octanol–water partition coefficient (Wildman–Crippen LogP) is 6.21. The maximum atomic E-state index is 12.8. The summed E-state index contributed by atoms with van der Waals surface area (Å²) in [6, 6.07) is 12.3. The van der Waals surface area contributed by atoms with Gasteiger partial charge in [-0.2, -0.15) is 0 Å². The first-order valence-electron chi connectivity index (χ1n) is 10.5. The van der Waals surface area contributed by atoms with E-state index in [-0.39, 0.29) is 10.8 Å². The molecule has 2 aromatic rings. The van der Waals surface area contributed by atoms with Crippen molar-refractivity contribution >= 4 is 11.9 Å². The Balaban J connectivity index is 1.78. The Morgan fingerprint density at radius 3 is 1.87 bits per heavy atom. The molecule has 0 spiro atoms. The molecule has 0 aromatic heterocycles. The van der Waals surface area contributed by atoms with Crippen LogP contribution in [0.1, 0.15) is 93.2 Å². The Bertz CT molecular complexity index is 960. The van der Waals surface area contributed by atoms with Crippen LogP contribution in [0.5, 0.6) is 5.75 Å². The smallest absolute Gasteiger partial charge is 0.343 e. The lowest BCUT2D eigenvalue weighted by Crippen LogP contribution is -2.34. The van der Waals surface area contributed by atoms with E-state index < -0.39 is 17.5 Å². The molecule has 0 atom stereocenters. The highest BCUT2D eigenvalue weighted by Crippen LogP contribution is 2.45. The van der Waals surface area contributed by atoms with Gasteiger partial charge in [0, 0.05) is 0 Å². The van der Waals surface area contributed by atoms with E-state index in [0.717, 1.165) is 12.8 Å².